The fourth-order valence-corrected chi connectivity index (χ4v) is 3.38. The highest BCUT2D eigenvalue weighted by Crippen LogP contribution is 2.24. The van der Waals surface area contributed by atoms with Gasteiger partial charge in [-0.25, -0.2) is 0 Å². The summed E-state index contributed by atoms with van der Waals surface area (Å²) in [5.74, 6) is 0.887. The summed E-state index contributed by atoms with van der Waals surface area (Å²) < 4.78 is 11.0. The van der Waals surface area contributed by atoms with Crippen LogP contribution >= 0.6 is 11.6 Å². The van der Waals surface area contributed by atoms with Gasteiger partial charge in [-0.05, 0) is 23.8 Å². The largest absolute Gasteiger partial charge is 0.496 e. The van der Waals surface area contributed by atoms with Crippen LogP contribution in [0.1, 0.15) is 11.1 Å². The van der Waals surface area contributed by atoms with Gasteiger partial charge in [-0.3, -0.25) is 9.69 Å². The van der Waals surface area contributed by atoms with Gasteiger partial charge in [0.05, 0.1) is 13.7 Å². The maximum absolute atomic E-state index is 12.3. The molecule has 1 aliphatic rings. The van der Waals surface area contributed by atoms with E-state index in [1.54, 1.807) is 7.11 Å². The van der Waals surface area contributed by atoms with Gasteiger partial charge >= 0.3 is 0 Å². The normalized spacial score (nSPS) is 15.0. The predicted octanol–water partition coefficient (Wildman–Crippen LogP) is 3.21. The van der Waals surface area contributed by atoms with Gasteiger partial charge in [0.1, 0.15) is 12.4 Å². The van der Waals surface area contributed by atoms with E-state index in [1.807, 2.05) is 53.4 Å². The number of piperazine rings is 1. The first-order valence-electron chi connectivity index (χ1n) is 9.10. The Morgan fingerprint density at radius 3 is 2.52 bits per heavy atom. The molecule has 0 N–H and O–H groups in total. The van der Waals surface area contributed by atoms with E-state index in [4.69, 9.17) is 21.1 Å². The topological polar surface area (TPSA) is 42.0 Å². The number of rotatable bonds is 7. The monoisotopic (exact) mass is 388 g/mol. The van der Waals surface area contributed by atoms with E-state index >= 15 is 0 Å². The zero-order chi connectivity index (χ0) is 19.1. The number of amides is 1. The van der Waals surface area contributed by atoms with E-state index in [1.165, 1.54) is 0 Å². The van der Waals surface area contributed by atoms with Crippen LogP contribution in [0.25, 0.3) is 0 Å². The summed E-state index contributed by atoms with van der Waals surface area (Å²) in [5.41, 5.74) is 2.14. The highest BCUT2D eigenvalue weighted by Gasteiger charge is 2.22. The zero-order valence-corrected chi connectivity index (χ0v) is 16.3. The lowest BCUT2D eigenvalue weighted by Gasteiger charge is -2.35. The number of ether oxygens (including phenoxy) is 2. The lowest BCUT2D eigenvalue weighted by molar-refractivity contribution is -0.138. The summed E-state index contributed by atoms with van der Waals surface area (Å²) in [5, 5.41) is 0.704. The number of benzene rings is 2. The van der Waals surface area contributed by atoms with Crippen molar-refractivity contribution in [2.24, 2.45) is 0 Å². The number of carbonyl (C=O) groups is 1. The molecule has 1 amide bonds. The minimum absolute atomic E-state index is 0.0471. The van der Waals surface area contributed by atoms with E-state index < -0.39 is 0 Å². The van der Waals surface area contributed by atoms with Crippen LogP contribution in [0.5, 0.6) is 5.75 Å². The molecule has 3 rings (SSSR count). The standard InChI is InChI=1S/C21H25ClN2O3/c1-26-20-8-7-19(22)13-18(20)14-23-9-11-24(12-10-23)21(25)16-27-15-17-5-3-2-4-6-17/h2-8,13H,9-12,14-16H2,1H3. The average Bonchev–Trinajstić information content (AvgIpc) is 2.69. The third-order valence-electron chi connectivity index (χ3n) is 4.70. The second-order valence-electron chi connectivity index (χ2n) is 6.59. The molecular formula is C21H25ClN2O3. The van der Waals surface area contributed by atoms with Gasteiger partial charge in [-0.1, -0.05) is 41.9 Å². The SMILES string of the molecule is COc1ccc(Cl)cc1CN1CCN(C(=O)COCc2ccccc2)CC1. The fraction of sp³-hybridized carbons (Fsp3) is 0.381. The number of nitrogens with zero attached hydrogens (tertiary/aromatic N) is 2. The average molecular weight is 389 g/mol. The van der Waals surface area contributed by atoms with E-state index in [0.717, 1.165) is 36.5 Å². The van der Waals surface area contributed by atoms with E-state index in [9.17, 15) is 4.79 Å². The van der Waals surface area contributed by atoms with Gasteiger partial charge in [0.15, 0.2) is 0 Å². The number of hydrogen-bond donors (Lipinski definition) is 0. The molecule has 0 bridgehead atoms. The van der Waals surface area contributed by atoms with Gasteiger partial charge in [0.25, 0.3) is 0 Å². The Morgan fingerprint density at radius 2 is 1.81 bits per heavy atom. The van der Waals surface area contributed by atoms with Gasteiger partial charge in [-0.2, -0.15) is 0 Å². The van der Waals surface area contributed by atoms with Crippen LogP contribution in [0.2, 0.25) is 5.02 Å². The van der Waals surface area contributed by atoms with Crippen molar-refractivity contribution in [2.45, 2.75) is 13.2 Å². The van der Waals surface area contributed by atoms with Gasteiger partial charge in [0.2, 0.25) is 5.91 Å². The molecule has 2 aromatic rings. The second kappa shape index (κ2) is 9.74. The Morgan fingerprint density at radius 1 is 1.07 bits per heavy atom. The van der Waals surface area contributed by atoms with Gasteiger partial charge in [0, 0.05) is 43.3 Å². The zero-order valence-electron chi connectivity index (χ0n) is 15.6. The minimum Gasteiger partial charge on any atom is -0.496 e. The van der Waals surface area contributed by atoms with Gasteiger partial charge in [-0.15, -0.1) is 0 Å². The Bertz CT molecular complexity index is 746. The third-order valence-corrected chi connectivity index (χ3v) is 4.93. The van der Waals surface area contributed by atoms with Crippen LogP contribution < -0.4 is 4.74 Å². The van der Waals surface area contributed by atoms with Crippen molar-refractivity contribution in [3.8, 4) is 5.75 Å². The molecule has 0 unspecified atom stereocenters. The van der Waals surface area contributed by atoms with E-state index in [-0.39, 0.29) is 12.5 Å². The van der Waals surface area contributed by atoms with E-state index in [2.05, 4.69) is 4.90 Å². The molecular weight excluding hydrogens is 364 g/mol. The van der Waals surface area contributed by atoms with Crippen molar-refractivity contribution in [2.75, 3.05) is 39.9 Å². The molecule has 2 aromatic carbocycles. The molecule has 1 fully saturated rings. The summed E-state index contributed by atoms with van der Waals surface area (Å²) in [6, 6.07) is 15.5. The van der Waals surface area contributed by atoms with Crippen molar-refractivity contribution in [3.05, 3.63) is 64.7 Å². The first-order valence-corrected chi connectivity index (χ1v) is 9.47. The molecule has 6 heteroatoms. The third kappa shape index (κ3) is 5.70. The van der Waals surface area contributed by atoms with Crippen molar-refractivity contribution in [1.29, 1.82) is 0 Å². The van der Waals surface area contributed by atoms with Crippen molar-refractivity contribution in [1.82, 2.24) is 9.80 Å². The molecule has 1 saturated heterocycles. The quantitative estimate of drug-likeness (QED) is 0.730. The number of hydrogen-bond acceptors (Lipinski definition) is 4. The maximum atomic E-state index is 12.3. The second-order valence-corrected chi connectivity index (χ2v) is 7.03. The molecule has 0 aromatic heterocycles. The summed E-state index contributed by atoms with van der Waals surface area (Å²) in [6.45, 7) is 4.39. The molecule has 0 atom stereocenters. The smallest absolute Gasteiger partial charge is 0.248 e. The number of methoxy groups -OCH3 is 1. The fourth-order valence-electron chi connectivity index (χ4n) is 3.19. The minimum atomic E-state index is 0.0471. The van der Waals surface area contributed by atoms with E-state index in [0.29, 0.717) is 24.7 Å². The Hall–Kier alpha value is -2.08. The van der Waals surface area contributed by atoms with Crippen LogP contribution in [-0.4, -0.2) is 55.6 Å². The molecule has 27 heavy (non-hydrogen) atoms. The number of carbonyl (C=O) groups excluding carboxylic acids is 1. The molecule has 0 spiro atoms. The first-order chi connectivity index (χ1) is 13.2. The summed E-state index contributed by atoms with van der Waals surface area (Å²) in [4.78, 5) is 16.5. The number of halogens is 1. The molecule has 1 aliphatic heterocycles. The maximum Gasteiger partial charge on any atom is 0.248 e. The van der Waals surface area contributed by atoms with Crippen LogP contribution in [0.4, 0.5) is 0 Å². The van der Waals surface area contributed by atoms with Crippen molar-refractivity contribution < 1.29 is 14.3 Å². The first kappa shape index (κ1) is 19.7. The predicted molar refractivity (Wildman–Crippen MR) is 106 cm³/mol. The molecule has 0 saturated carbocycles. The summed E-state index contributed by atoms with van der Waals surface area (Å²) >= 11 is 6.11. The highest BCUT2D eigenvalue weighted by molar-refractivity contribution is 6.30. The Balaban J connectivity index is 1.43. The molecule has 144 valence electrons. The van der Waals surface area contributed by atoms with Crippen molar-refractivity contribution >= 4 is 17.5 Å². The van der Waals surface area contributed by atoms with Crippen LogP contribution in [-0.2, 0) is 22.7 Å². The van der Waals surface area contributed by atoms with Crippen LogP contribution in [0.15, 0.2) is 48.5 Å². The Labute approximate surface area is 165 Å². The summed E-state index contributed by atoms with van der Waals surface area (Å²) in [6.07, 6.45) is 0. The molecule has 0 radical (unpaired) electrons. The molecule has 1 heterocycles. The molecule has 5 nitrogen and oxygen atoms in total. The summed E-state index contributed by atoms with van der Waals surface area (Å²) in [7, 11) is 1.67. The van der Waals surface area contributed by atoms with Crippen LogP contribution in [0.3, 0.4) is 0 Å². The highest BCUT2D eigenvalue weighted by atomic mass is 35.5. The van der Waals surface area contributed by atoms with Crippen molar-refractivity contribution in [3.63, 3.8) is 0 Å². The van der Waals surface area contributed by atoms with Crippen LogP contribution in [0, 0.1) is 0 Å². The molecule has 0 aliphatic carbocycles. The Kier molecular flexibility index (Phi) is 7.10. The lowest BCUT2D eigenvalue weighted by Crippen LogP contribution is -2.49. The lowest BCUT2D eigenvalue weighted by atomic mass is 10.1. The van der Waals surface area contributed by atoms with Gasteiger partial charge < -0.3 is 14.4 Å².